The zero-order valence-corrected chi connectivity index (χ0v) is 17.0. The lowest BCUT2D eigenvalue weighted by atomic mass is 9.88. The van der Waals surface area contributed by atoms with Crippen molar-refractivity contribution in [1.82, 2.24) is 0 Å². The molecule has 0 fully saturated rings. The average Bonchev–Trinajstić information content (AvgIpc) is 2.97. The number of methoxy groups -OCH3 is 1. The number of carbonyl (C=O) groups is 2. The highest BCUT2D eigenvalue weighted by molar-refractivity contribution is 6.10. The number of ketones is 1. The van der Waals surface area contributed by atoms with Crippen LogP contribution in [-0.4, -0.2) is 23.9 Å². The van der Waals surface area contributed by atoms with Crippen LogP contribution in [0.25, 0.3) is 0 Å². The zero-order valence-electron chi connectivity index (χ0n) is 17.0. The predicted octanol–water partition coefficient (Wildman–Crippen LogP) is 4.01. The highest BCUT2D eigenvalue weighted by Crippen LogP contribution is 2.43. The van der Waals surface area contributed by atoms with Crippen molar-refractivity contribution in [2.24, 2.45) is 0 Å². The van der Waals surface area contributed by atoms with Gasteiger partial charge in [0.05, 0.1) is 25.8 Å². The van der Waals surface area contributed by atoms with E-state index >= 15 is 0 Å². The predicted molar refractivity (Wildman–Crippen MR) is 115 cm³/mol. The summed E-state index contributed by atoms with van der Waals surface area (Å²) in [6.07, 6.45) is -0.320. The fraction of sp³-hybridized carbons (Fsp3) is 0.200. The molecule has 5 heteroatoms. The van der Waals surface area contributed by atoms with E-state index in [9.17, 15) is 14.7 Å². The molecule has 3 aromatic rings. The quantitative estimate of drug-likeness (QED) is 0.634. The van der Waals surface area contributed by atoms with Gasteiger partial charge < -0.3 is 14.7 Å². The Labute approximate surface area is 175 Å². The summed E-state index contributed by atoms with van der Waals surface area (Å²) in [5, 5.41) is 11.4. The van der Waals surface area contributed by atoms with Gasteiger partial charge in [-0.3, -0.25) is 9.59 Å². The average molecular weight is 401 g/mol. The smallest absolute Gasteiger partial charge is 0.264 e. The van der Waals surface area contributed by atoms with Crippen LogP contribution in [0.2, 0.25) is 0 Å². The third kappa shape index (κ3) is 3.37. The number of fused-ring (bicyclic) bond motifs is 1. The third-order valence-corrected chi connectivity index (χ3v) is 5.66. The number of hydrogen-bond acceptors (Lipinski definition) is 4. The highest BCUT2D eigenvalue weighted by Gasteiger charge is 2.50. The Morgan fingerprint density at radius 2 is 1.67 bits per heavy atom. The van der Waals surface area contributed by atoms with E-state index in [0.29, 0.717) is 29.1 Å². The van der Waals surface area contributed by atoms with Crippen molar-refractivity contribution < 1.29 is 19.4 Å². The standard InChI is InChI=1S/C25H23NO4/c1-17-7-3-4-8-19(17)16-26-22-10-6-5-9-21(22)25(29,24(26)28)15-23(27)18-11-13-20(30-2)14-12-18/h3-14,29H,15-16H2,1-2H3. The molecule has 1 unspecified atom stereocenters. The van der Waals surface area contributed by atoms with Crippen molar-refractivity contribution in [3.63, 3.8) is 0 Å². The molecular weight excluding hydrogens is 378 g/mol. The molecule has 30 heavy (non-hydrogen) atoms. The minimum atomic E-state index is -1.89. The van der Waals surface area contributed by atoms with Crippen molar-refractivity contribution in [2.75, 3.05) is 12.0 Å². The summed E-state index contributed by atoms with van der Waals surface area (Å²) in [7, 11) is 1.55. The molecule has 1 aliphatic rings. The number of Topliss-reactive ketones (excluding diaryl/α,β-unsaturated/α-hetero) is 1. The largest absolute Gasteiger partial charge is 0.497 e. The maximum Gasteiger partial charge on any atom is 0.264 e. The Morgan fingerprint density at radius 1 is 1.00 bits per heavy atom. The van der Waals surface area contributed by atoms with Crippen molar-refractivity contribution in [2.45, 2.75) is 25.5 Å². The summed E-state index contributed by atoms with van der Waals surface area (Å²) in [5.41, 5.74) is 1.68. The summed E-state index contributed by atoms with van der Waals surface area (Å²) in [6, 6.07) is 21.6. The number of para-hydroxylation sites is 1. The van der Waals surface area contributed by atoms with Gasteiger partial charge in [-0.2, -0.15) is 0 Å². The number of benzene rings is 3. The van der Waals surface area contributed by atoms with Crippen LogP contribution in [0.1, 0.15) is 33.5 Å². The lowest BCUT2D eigenvalue weighted by molar-refractivity contribution is -0.136. The minimum Gasteiger partial charge on any atom is -0.497 e. The van der Waals surface area contributed by atoms with Crippen LogP contribution in [0.3, 0.4) is 0 Å². The Balaban J connectivity index is 1.66. The monoisotopic (exact) mass is 401 g/mol. The topological polar surface area (TPSA) is 66.8 Å². The molecule has 4 rings (SSSR count). The molecule has 0 saturated carbocycles. The Morgan fingerprint density at radius 3 is 2.37 bits per heavy atom. The van der Waals surface area contributed by atoms with Crippen molar-refractivity contribution >= 4 is 17.4 Å². The second-order valence-corrected chi connectivity index (χ2v) is 7.52. The zero-order chi connectivity index (χ0) is 21.3. The van der Waals surface area contributed by atoms with E-state index in [4.69, 9.17) is 4.74 Å². The van der Waals surface area contributed by atoms with Crippen LogP contribution >= 0.6 is 0 Å². The molecule has 1 N–H and O–H groups in total. The van der Waals surface area contributed by atoms with Gasteiger partial charge in [-0.1, -0.05) is 42.5 Å². The molecule has 0 radical (unpaired) electrons. The van der Waals surface area contributed by atoms with E-state index < -0.39 is 11.5 Å². The molecular formula is C25H23NO4. The number of ether oxygens (including phenoxy) is 1. The van der Waals surface area contributed by atoms with E-state index in [-0.39, 0.29) is 12.2 Å². The molecule has 0 aromatic heterocycles. The number of aryl methyl sites for hydroxylation is 1. The van der Waals surface area contributed by atoms with Crippen LogP contribution in [0, 0.1) is 6.92 Å². The molecule has 1 aliphatic heterocycles. The number of anilines is 1. The normalized spacial score (nSPS) is 17.7. The van der Waals surface area contributed by atoms with Gasteiger partial charge >= 0.3 is 0 Å². The number of aliphatic hydroxyl groups is 1. The van der Waals surface area contributed by atoms with E-state index in [0.717, 1.165) is 11.1 Å². The first-order valence-electron chi connectivity index (χ1n) is 9.79. The van der Waals surface area contributed by atoms with E-state index in [1.807, 2.05) is 37.3 Å². The van der Waals surface area contributed by atoms with Gasteiger partial charge in [-0.15, -0.1) is 0 Å². The number of rotatable bonds is 6. The van der Waals surface area contributed by atoms with Crippen LogP contribution in [0.15, 0.2) is 72.8 Å². The molecule has 5 nitrogen and oxygen atoms in total. The van der Waals surface area contributed by atoms with Crippen molar-refractivity contribution in [1.29, 1.82) is 0 Å². The lowest BCUT2D eigenvalue weighted by Crippen LogP contribution is -2.41. The molecule has 1 amide bonds. The van der Waals surface area contributed by atoms with E-state index in [1.54, 1.807) is 54.5 Å². The Bertz CT molecular complexity index is 1110. The van der Waals surface area contributed by atoms with Gasteiger partial charge in [0, 0.05) is 11.1 Å². The van der Waals surface area contributed by atoms with Gasteiger partial charge in [0.2, 0.25) is 0 Å². The fourth-order valence-electron chi connectivity index (χ4n) is 3.90. The molecule has 0 aliphatic carbocycles. The molecule has 0 spiro atoms. The SMILES string of the molecule is COc1ccc(C(=O)CC2(O)C(=O)N(Cc3ccccc3C)c3ccccc32)cc1. The lowest BCUT2D eigenvalue weighted by Gasteiger charge is -2.23. The molecule has 1 atom stereocenters. The molecule has 3 aromatic carbocycles. The Kier molecular flexibility index (Phi) is 5.14. The van der Waals surface area contributed by atoms with Gasteiger partial charge in [-0.05, 0) is 48.4 Å². The summed E-state index contributed by atoms with van der Waals surface area (Å²) >= 11 is 0. The van der Waals surface area contributed by atoms with Crippen LogP contribution in [0.4, 0.5) is 5.69 Å². The number of carbonyl (C=O) groups excluding carboxylic acids is 2. The summed E-state index contributed by atoms with van der Waals surface area (Å²) in [6.45, 7) is 2.32. The first kappa shape index (κ1) is 19.9. The van der Waals surface area contributed by atoms with Crippen LogP contribution in [-0.2, 0) is 16.9 Å². The van der Waals surface area contributed by atoms with Gasteiger partial charge in [0.1, 0.15) is 5.75 Å². The third-order valence-electron chi connectivity index (χ3n) is 5.66. The second-order valence-electron chi connectivity index (χ2n) is 7.52. The molecule has 152 valence electrons. The van der Waals surface area contributed by atoms with Crippen LogP contribution < -0.4 is 9.64 Å². The van der Waals surface area contributed by atoms with E-state index in [2.05, 4.69) is 0 Å². The summed E-state index contributed by atoms with van der Waals surface area (Å²) < 4.78 is 5.12. The minimum absolute atomic E-state index is 0.305. The highest BCUT2D eigenvalue weighted by atomic mass is 16.5. The number of nitrogens with zero attached hydrogens (tertiary/aromatic N) is 1. The summed E-state index contributed by atoms with van der Waals surface area (Å²) in [4.78, 5) is 27.8. The Hall–Kier alpha value is -3.44. The van der Waals surface area contributed by atoms with Gasteiger partial charge in [0.25, 0.3) is 5.91 Å². The number of hydrogen-bond donors (Lipinski definition) is 1. The first-order valence-corrected chi connectivity index (χ1v) is 9.79. The van der Waals surface area contributed by atoms with Crippen molar-refractivity contribution in [3.8, 4) is 5.75 Å². The second kappa shape index (κ2) is 7.76. The maximum absolute atomic E-state index is 13.4. The van der Waals surface area contributed by atoms with Crippen LogP contribution in [0.5, 0.6) is 5.75 Å². The molecule has 0 saturated heterocycles. The molecule has 0 bridgehead atoms. The van der Waals surface area contributed by atoms with E-state index in [1.165, 1.54) is 0 Å². The fourth-order valence-corrected chi connectivity index (χ4v) is 3.90. The first-order chi connectivity index (χ1) is 14.4. The molecule has 1 heterocycles. The summed E-state index contributed by atoms with van der Waals surface area (Å²) in [5.74, 6) is -0.146. The van der Waals surface area contributed by atoms with Gasteiger partial charge in [0.15, 0.2) is 11.4 Å². The van der Waals surface area contributed by atoms with Crippen molar-refractivity contribution in [3.05, 3.63) is 95.1 Å². The maximum atomic E-state index is 13.4. The number of amides is 1. The van der Waals surface area contributed by atoms with Gasteiger partial charge in [-0.25, -0.2) is 0 Å².